The summed E-state index contributed by atoms with van der Waals surface area (Å²) in [5.74, 6) is -5.39. The normalized spacial score (nSPS) is 11.1. The molecule has 0 saturated heterocycles. The number of carbonyl (C=O) groups is 11. The van der Waals surface area contributed by atoms with Gasteiger partial charge in [-0.25, -0.2) is 0 Å². The summed E-state index contributed by atoms with van der Waals surface area (Å²) in [6.07, 6.45) is 34.9. The smallest absolute Gasteiger partial charge is 0.242 e. The third kappa shape index (κ3) is 49.3. The van der Waals surface area contributed by atoms with E-state index in [1.165, 1.54) is 58.5 Å². The lowest BCUT2D eigenvalue weighted by atomic mass is 10.1. The first kappa shape index (κ1) is 109. The first-order valence-corrected chi connectivity index (χ1v) is 48.6. The van der Waals surface area contributed by atoms with Gasteiger partial charge in [-0.1, -0.05) is 329 Å². The maximum atomic E-state index is 15.7. The average Bonchev–Trinajstić information content (AvgIpc) is 0.852. The van der Waals surface area contributed by atoms with Gasteiger partial charge >= 0.3 is 0 Å². The van der Waals surface area contributed by atoms with Crippen LogP contribution in [0.2, 0.25) is 0 Å². The lowest BCUT2D eigenvalue weighted by Gasteiger charge is -2.33. The van der Waals surface area contributed by atoms with Crippen molar-refractivity contribution >= 4 is 65.0 Å². The molecule has 0 aliphatic carbocycles. The summed E-state index contributed by atoms with van der Waals surface area (Å²) in [7, 11) is 0. The molecule has 126 heavy (non-hydrogen) atoms. The number of hydrogen-bond donors (Lipinski definition) is 4. The number of rotatable bonds is 76. The van der Waals surface area contributed by atoms with E-state index in [0.29, 0.717) is 77.3 Å². The van der Waals surface area contributed by atoms with Crippen LogP contribution in [0.1, 0.15) is 275 Å². The second-order valence-corrected chi connectivity index (χ2v) is 34.3. The van der Waals surface area contributed by atoms with Crippen LogP contribution >= 0.6 is 0 Å². The van der Waals surface area contributed by atoms with Crippen molar-refractivity contribution in [2.24, 2.45) is 22.9 Å². The number of unbranched alkanes of at least 4 members (excludes halogenated alkanes) is 29. The Morgan fingerprint density at radius 1 is 0.198 bits per heavy atom. The van der Waals surface area contributed by atoms with E-state index in [9.17, 15) is 19.2 Å². The predicted octanol–water partition coefficient (Wildman–Crippen LogP) is 13.3. The van der Waals surface area contributed by atoms with Crippen molar-refractivity contribution in [3.8, 4) is 0 Å². The van der Waals surface area contributed by atoms with Gasteiger partial charge in [0.05, 0.1) is 65.4 Å². The molecule has 4 aromatic rings. The number of primary amides is 1. The van der Waals surface area contributed by atoms with Gasteiger partial charge in [-0.15, -0.1) is 0 Å². The largest absolute Gasteiger partial charge is 0.368 e. The van der Waals surface area contributed by atoms with Crippen molar-refractivity contribution in [1.29, 1.82) is 0 Å². The van der Waals surface area contributed by atoms with Crippen LogP contribution in [0.15, 0.2) is 121 Å². The zero-order valence-corrected chi connectivity index (χ0v) is 78.2. The summed E-state index contributed by atoms with van der Waals surface area (Å²) in [6.45, 7) is 6.44. The fourth-order valence-corrected chi connectivity index (χ4v) is 15.7. The van der Waals surface area contributed by atoms with Gasteiger partial charge in [-0.2, -0.15) is 0 Å². The molecule has 0 atom stereocenters. The molecule has 25 nitrogen and oxygen atoms in total. The van der Waals surface area contributed by atoms with E-state index in [2.05, 4.69) is 27.7 Å². The van der Waals surface area contributed by atoms with Gasteiger partial charge in [0.1, 0.15) is 0 Å². The third-order valence-electron chi connectivity index (χ3n) is 23.6. The Balaban J connectivity index is 1.77. The molecule has 0 fully saturated rings. The number of benzene rings is 4. The van der Waals surface area contributed by atoms with Gasteiger partial charge in [0.25, 0.3) is 0 Å². The maximum Gasteiger partial charge on any atom is 0.242 e. The Bertz CT molecular complexity index is 3620. The number of amides is 11. The Kier molecular flexibility index (Phi) is 60.7. The predicted molar refractivity (Wildman–Crippen MR) is 507 cm³/mol. The highest BCUT2D eigenvalue weighted by atomic mass is 16.2. The molecular weight excluding hydrogens is 1590 g/mol. The second kappa shape index (κ2) is 70.0. The lowest BCUT2D eigenvalue weighted by molar-refractivity contribution is -0.149. The highest BCUT2D eigenvalue weighted by Gasteiger charge is 2.33. The fourth-order valence-electron chi connectivity index (χ4n) is 15.7. The molecule has 4 aromatic carbocycles. The van der Waals surface area contributed by atoms with E-state index < -0.39 is 85.9 Å². The number of carbonyl (C=O) groups excluding carboxylic acids is 11. The summed E-state index contributed by atoms with van der Waals surface area (Å²) < 4.78 is 0. The van der Waals surface area contributed by atoms with E-state index in [0.717, 1.165) is 183 Å². The molecule has 0 aromatic heterocycles. The van der Waals surface area contributed by atoms with Crippen LogP contribution in [0.4, 0.5) is 0 Å². The van der Waals surface area contributed by atoms with Crippen molar-refractivity contribution in [3.63, 3.8) is 0 Å². The van der Waals surface area contributed by atoms with Gasteiger partial charge in [-0.3, -0.25) is 52.7 Å². The average molecular weight is 1750 g/mol. The molecule has 8 N–H and O–H groups in total. The van der Waals surface area contributed by atoms with Crippen LogP contribution < -0.4 is 22.9 Å². The Morgan fingerprint density at radius 2 is 0.381 bits per heavy atom. The highest BCUT2D eigenvalue weighted by molar-refractivity contribution is 5.94. The molecule has 704 valence electrons. The van der Waals surface area contributed by atoms with Crippen LogP contribution in [0.5, 0.6) is 0 Å². The molecule has 0 radical (unpaired) electrons. The second-order valence-electron chi connectivity index (χ2n) is 34.3. The maximum absolute atomic E-state index is 15.7. The van der Waals surface area contributed by atoms with Crippen LogP contribution in [-0.2, 0) is 78.4 Å². The zero-order valence-electron chi connectivity index (χ0n) is 78.2. The van der Waals surface area contributed by atoms with E-state index >= 15 is 33.6 Å². The quantitative estimate of drug-likeness (QED) is 0.0299. The number of hydrogen-bond acceptors (Lipinski definition) is 14. The van der Waals surface area contributed by atoms with Crippen molar-refractivity contribution in [2.75, 3.05) is 151 Å². The SMILES string of the molecule is CCCCCCCCCCN(CC(N)=O)C(=O)CN(CCCCCCCCCC)C(=O)CN(CCCCCCCCCC)C(=O)CN(CCCCCCCCCC)C(=O)CN(CCc1ccccc1)C(=O)CN(CCc1ccccc1)C(=O)CN(CCN)C(=O)CN(CCc1ccccc1)C(=O)CN(CCc1ccccc1)C(=O)CN(CCN)C(=O)CCCCN. The molecule has 0 aliphatic heterocycles. The van der Waals surface area contributed by atoms with Crippen LogP contribution in [0.25, 0.3) is 0 Å². The van der Waals surface area contributed by atoms with Crippen molar-refractivity contribution in [2.45, 2.75) is 278 Å². The molecular formula is C101H164N14O11. The standard InChI is InChI=1S/C101H164N14O11/c1-5-9-13-17-21-25-29-47-67-106(77-91(105)116)93(118)78-107(68-48-30-26-22-18-14-10-6-2)94(119)79-108(69-49-31-27-23-19-15-11-7-3)95(120)80-109(70-50-32-28-24-20-16-12-8-4)96(121)81-110(71-60-87-51-37-33-38-52-87)97(122)83-112(73-62-89-55-41-35-42-56-89)100(125)86-115(76-66-104)101(126)84-113(74-63-90-57-43-36-44-58-90)98(123)82-111(72-61-88-53-39-34-40-54-88)99(124)85-114(75-65-103)92(117)59-45-46-64-102/h33-44,51-58H,5-32,45-50,59-86,102-104H2,1-4H3,(H2,105,116). The van der Waals surface area contributed by atoms with E-state index in [4.69, 9.17) is 22.9 Å². The van der Waals surface area contributed by atoms with Gasteiger partial charge in [0.15, 0.2) is 0 Å². The van der Waals surface area contributed by atoms with Crippen LogP contribution in [0, 0.1) is 0 Å². The Hall–Kier alpha value is -9.07. The Morgan fingerprint density at radius 3 is 0.579 bits per heavy atom. The molecule has 0 saturated carbocycles. The molecule has 0 bridgehead atoms. The summed E-state index contributed by atoms with van der Waals surface area (Å²) >= 11 is 0. The molecule has 0 unspecified atom stereocenters. The van der Waals surface area contributed by atoms with E-state index in [1.54, 1.807) is 9.80 Å². The summed E-state index contributed by atoms with van der Waals surface area (Å²) in [5, 5.41) is 0. The van der Waals surface area contributed by atoms with Crippen LogP contribution in [-0.4, -0.2) is 265 Å². The number of nitrogens with two attached hydrogens (primary N) is 4. The molecule has 0 heterocycles. The molecule has 0 aliphatic rings. The summed E-state index contributed by atoms with van der Waals surface area (Å²) in [6, 6.07) is 38.0. The van der Waals surface area contributed by atoms with Gasteiger partial charge < -0.3 is 71.9 Å². The zero-order chi connectivity index (χ0) is 91.4. The van der Waals surface area contributed by atoms with Gasteiger partial charge in [-0.05, 0) is 93.0 Å². The van der Waals surface area contributed by atoms with Gasteiger partial charge in [0.2, 0.25) is 65.0 Å². The number of nitrogens with zero attached hydrogens (tertiary/aromatic N) is 10. The molecule has 4 rings (SSSR count). The van der Waals surface area contributed by atoms with Crippen molar-refractivity contribution in [1.82, 2.24) is 49.0 Å². The molecule has 0 spiro atoms. The minimum Gasteiger partial charge on any atom is -0.368 e. The van der Waals surface area contributed by atoms with Gasteiger partial charge in [0, 0.05) is 85.0 Å². The van der Waals surface area contributed by atoms with Crippen molar-refractivity contribution in [3.05, 3.63) is 144 Å². The highest BCUT2D eigenvalue weighted by Crippen LogP contribution is 2.19. The molecule has 11 amide bonds. The van der Waals surface area contributed by atoms with E-state index in [1.807, 2.05) is 121 Å². The topological polar surface area (TPSA) is 324 Å². The summed E-state index contributed by atoms with van der Waals surface area (Å²) in [4.78, 5) is 178. The third-order valence-corrected chi connectivity index (χ3v) is 23.6. The van der Waals surface area contributed by atoms with Crippen LogP contribution in [0.3, 0.4) is 0 Å². The lowest BCUT2D eigenvalue weighted by Crippen LogP contribution is -2.53. The van der Waals surface area contributed by atoms with E-state index in [-0.39, 0.29) is 123 Å². The minimum absolute atomic E-state index is 0.0262. The monoisotopic (exact) mass is 1750 g/mol. The van der Waals surface area contributed by atoms with Crippen molar-refractivity contribution < 1.29 is 52.7 Å². The minimum atomic E-state index is -0.638. The summed E-state index contributed by atoms with van der Waals surface area (Å²) in [5.41, 5.74) is 27.4. The Labute approximate surface area is 757 Å². The first-order chi connectivity index (χ1) is 61.3. The molecule has 25 heteroatoms. The fraction of sp³-hybridized carbons (Fsp3) is 0.653. The first-order valence-electron chi connectivity index (χ1n) is 48.6.